The third-order valence-corrected chi connectivity index (χ3v) is 5.67. The lowest BCUT2D eigenvalue weighted by Gasteiger charge is -2.19. The molecule has 0 bridgehead atoms. The van der Waals surface area contributed by atoms with Crippen LogP contribution in [0.2, 0.25) is 0 Å². The second-order valence-electron chi connectivity index (χ2n) is 6.89. The molecule has 136 valence electrons. The Morgan fingerprint density at radius 1 is 1.04 bits per heavy atom. The molecule has 3 aromatic rings. The van der Waals surface area contributed by atoms with Gasteiger partial charge in [-0.25, -0.2) is 4.98 Å². The summed E-state index contributed by atoms with van der Waals surface area (Å²) in [7, 11) is 0. The Balaban J connectivity index is 1.71. The van der Waals surface area contributed by atoms with Crippen molar-refractivity contribution in [2.24, 2.45) is 0 Å². The average Bonchev–Trinajstić information content (AvgIpc) is 3.14. The number of nitrogens with zero attached hydrogens (tertiary/aromatic N) is 2. The van der Waals surface area contributed by atoms with E-state index in [9.17, 15) is 5.11 Å². The van der Waals surface area contributed by atoms with E-state index in [-0.39, 0.29) is 5.76 Å². The van der Waals surface area contributed by atoms with E-state index in [1.54, 1.807) is 0 Å². The number of amidine groups is 1. The molecule has 0 spiro atoms. The number of thiazole rings is 1. The quantitative estimate of drug-likeness (QED) is 0.635. The van der Waals surface area contributed by atoms with Gasteiger partial charge in [0.25, 0.3) is 0 Å². The Bertz CT molecular complexity index is 1050. The van der Waals surface area contributed by atoms with Crippen LogP contribution in [-0.2, 0) is 0 Å². The highest BCUT2D eigenvalue weighted by atomic mass is 32.1. The minimum absolute atomic E-state index is 0.201. The van der Waals surface area contributed by atoms with Crippen molar-refractivity contribution in [2.45, 2.75) is 20.8 Å². The maximum absolute atomic E-state index is 10.6. The molecule has 4 rings (SSSR count). The van der Waals surface area contributed by atoms with Gasteiger partial charge in [0, 0.05) is 16.1 Å². The maximum atomic E-state index is 10.6. The summed E-state index contributed by atoms with van der Waals surface area (Å²) < 4.78 is 0. The van der Waals surface area contributed by atoms with Gasteiger partial charge < -0.3 is 10.0 Å². The van der Waals surface area contributed by atoms with E-state index in [4.69, 9.17) is 10.4 Å². The fraction of sp³-hybridized carbons (Fsp3) is 0.182. The average molecular weight is 375 g/mol. The molecule has 5 heteroatoms. The van der Waals surface area contributed by atoms with Crippen LogP contribution in [0, 0.1) is 26.2 Å². The molecule has 2 aromatic carbocycles. The lowest BCUT2D eigenvalue weighted by atomic mass is 10.1. The molecular weight excluding hydrogens is 354 g/mol. The third-order valence-electron chi connectivity index (χ3n) is 4.68. The highest BCUT2D eigenvalue weighted by molar-refractivity contribution is 7.13. The van der Waals surface area contributed by atoms with Crippen LogP contribution in [0.3, 0.4) is 0 Å². The van der Waals surface area contributed by atoms with E-state index in [1.807, 2.05) is 68.1 Å². The molecule has 1 aliphatic rings. The highest BCUT2D eigenvalue weighted by Gasteiger charge is 2.32. The first-order chi connectivity index (χ1) is 12.9. The predicted molar refractivity (Wildman–Crippen MR) is 113 cm³/mol. The van der Waals surface area contributed by atoms with Gasteiger partial charge in [0.2, 0.25) is 0 Å². The van der Waals surface area contributed by atoms with Crippen molar-refractivity contribution >= 4 is 28.4 Å². The zero-order valence-corrected chi connectivity index (χ0v) is 16.4. The summed E-state index contributed by atoms with van der Waals surface area (Å²) in [5.74, 6) is 0.499. The minimum atomic E-state index is 0.201. The Labute approximate surface area is 163 Å². The summed E-state index contributed by atoms with van der Waals surface area (Å²) in [4.78, 5) is 7.67. The third kappa shape index (κ3) is 3.15. The monoisotopic (exact) mass is 375 g/mol. The first-order valence-electron chi connectivity index (χ1n) is 8.84. The molecule has 0 atom stereocenters. The molecule has 0 fully saturated rings. The van der Waals surface area contributed by atoms with Gasteiger partial charge in [0.1, 0.15) is 16.6 Å². The fourth-order valence-electron chi connectivity index (χ4n) is 3.50. The van der Waals surface area contributed by atoms with Gasteiger partial charge in [-0.1, -0.05) is 36.4 Å². The van der Waals surface area contributed by atoms with Crippen LogP contribution in [0.4, 0.5) is 5.69 Å². The van der Waals surface area contributed by atoms with Crippen molar-refractivity contribution in [3.63, 3.8) is 0 Å². The number of rotatable bonds is 3. The van der Waals surface area contributed by atoms with Crippen LogP contribution in [0.25, 0.3) is 16.8 Å². The van der Waals surface area contributed by atoms with Gasteiger partial charge in [0.05, 0.1) is 17.8 Å². The number of aliphatic hydroxyl groups is 1. The Morgan fingerprint density at radius 3 is 2.37 bits per heavy atom. The number of nitrogens with one attached hydrogen (secondary N) is 1. The number of benzene rings is 2. The summed E-state index contributed by atoms with van der Waals surface area (Å²) in [6.07, 6.45) is 0. The van der Waals surface area contributed by atoms with Crippen LogP contribution in [0.5, 0.6) is 0 Å². The highest BCUT2D eigenvalue weighted by Crippen LogP contribution is 2.37. The molecule has 2 heterocycles. The largest absolute Gasteiger partial charge is 0.510 e. The lowest BCUT2D eigenvalue weighted by Crippen LogP contribution is -2.26. The summed E-state index contributed by atoms with van der Waals surface area (Å²) in [5.41, 5.74) is 5.70. The number of anilines is 1. The van der Waals surface area contributed by atoms with Crippen LogP contribution >= 0.6 is 11.3 Å². The van der Waals surface area contributed by atoms with Crippen molar-refractivity contribution in [3.05, 3.63) is 75.3 Å². The van der Waals surface area contributed by atoms with E-state index in [0.717, 1.165) is 32.9 Å². The second kappa shape index (κ2) is 6.67. The molecule has 2 N–H and O–H groups in total. The van der Waals surface area contributed by atoms with Crippen LogP contribution in [-0.4, -0.2) is 22.5 Å². The first-order valence-corrected chi connectivity index (χ1v) is 9.66. The number of aliphatic hydroxyl groups excluding tert-OH is 1. The van der Waals surface area contributed by atoms with Gasteiger partial charge in [-0.3, -0.25) is 5.41 Å². The first kappa shape index (κ1) is 17.5. The van der Waals surface area contributed by atoms with Gasteiger partial charge in [0.15, 0.2) is 0 Å². The van der Waals surface area contributed by atoms with E-state index >= 15 is 0 Å². The molecule has 0 amide bonds. The van der Waals surface area contributed by atoms with E-state index < -0.39 is 0 Å². The van der Waals surface area contributed by atoms with Crippen molar-refractivity contribution in [2.75, 3.05) is 11.4 Å². The van der Waals surface area contributed by atoms with Crippen LogP contribution < -0.4 is 4.90 Å². The number of aromatic nitrogens is 1. The summed E-state index contributed by atoms with van der Waals surface area (Å²) in [6, 6.07) is 16.2. The lowest BCUT2D eigenvalue weighted by molar-refractivity contribution is 0.411. The van der Waals surface area contributed by atoms with Crippen LogP contribution in [0.15, 0.2) is 54.3 Å². The van der Waals surface area contributed by atoms with Crippen molar-refractivity contribution in [3.8, 4) is 11.3 Å². The molecule has 4 nitrogen and oxygen atoms in total. The Morgan fingerprint density at radius 2 is 1.70 bits per heavy atom. The predicted octanol–water partition coefficient (Wildman–Crippen LogP) is 5.50. The number of aryl methyl sites for hydroxylation is 3. The van der Waals surface area contributed by atoms with Gasteiger partial charge in [-0.05, 0) is 44.0 Å². The summed E-state index contributed by atoms with van der Waals surface area (Å²) >= 11 is 1.52. The smallest absolute Gasteiger partial charge is 0.139 e. The van der Waals surface area contributed by atoms with E-state index in [2.05, 4.69) is 6.07 Å². The standard InChI is InChI=1S/C22H21N3OS/c1-13-9-14(2)11-17(10-13)25-12-18(26)19(21(25)23)22-24-20(15(3)27-22)16-7-5-4-6-8-16/h4-11,23,26H,12H2,1-3H3. The molecule has 1 aliphatic heterocycles. The maximum Gasteiger partial charge on any atom is 0.139 e. The molecule has 0 aliphatic carbocycles. The van der Waals surface area contributed by atoms with Gasteiger partial charge in [-0.15, -0.1) is 11.3 Å². The van der Waals surface area contributed by atoms with Crippen molar-refractivity contribution in [1.82, 2.24) is 4.98 Å². The zero-order chi connectivity index (χ0) is 19.1. The van der Waals surface area contributed by atoms with Gasteiger partial charge in [-0.2, -0.15) is 0 Å². The Hall–Kier alpha value is -2.92. The topological polar surface area (TPSA) is 60.2 Å². The molecule has 0 saturated carbocycles. The zero-order valence-electron chi connectivity index (χ0n) is 15.6. The fourth-order valence-corrected chi connectivity index (χ4v) is 4.50. The summed E-state index contributed by atoms with van der Waals surface area (Å²) in [6.45, 7) is 6.42. The van der Waals surface area contributed by atoms with Crippen molar-refractivity contribution < 1.29 is 5.11 Å². The molecular formula is C22H21N3OS. The summed E-state index contributed by atoms with van der Waals surface area (Å²) in [5, 5.41) is 20.0. The SMILES string of the molecule is Cc1cc(C)cc(N2CC(O)=C(c3nc(-c4ccccc4)c(C)s3)C2=N)c1. The molecule has 0 saturated heterocycles. The molecule has 1 aromatic heterocycles. The number of hydrogen-bond donors (Lipinski definition) is 2. The minimum Gasteiger partial charge on any atom is -0.510 e. The Kier molecular flexibility index (Phi) is 4.32. The molecule has 0 radical (unpaired) electrons. The number of hydrogen-bond acceptors (Lipinski definition) is 4. The van der Waals surface area contributed by atoms with Crippen molar-refractivity contribution in [1.29, 1.82) is 5.41 Å². The van der Waals surface area contributed by atoms with E-state index in [0.29, 0.717) is 23.0 Å². The van der Waals surface area contributed by atoms with Crippen LogP contribution in [0.1, 0.15) is 21.0 Å². The normalized spacial score (nSPS) is 14.3. The van der Waals surface area contributed by atoms with Gasteiger partial charge >= 0.3 is 0 Å². The molecule has 0 unspecified atom stereocenters. The molecule has 27 heavy (non-hydrogen) atoms. The van der Waals surface area contributed by atoms with E-state index in [1.165, 1.54) is 11.3 Å². The second-order valence-corrected chi connectivity index (χ2v) is 8.10.